The number of nitrogens with zero attached hydrogens (tertiary/aromatic N) is 2. The molecule has 1 aliphatic rings. The van der Waals surface area contributed by atoms with E-state index in [0.29, 0.717) is 33.9 Å². The molecule has 0 radical (unpaired) electrons. The summed E-state index contributed by atoms with van der Waals surface area (Å²) < 4.78 is 13.1. The van der Waals surface area contributed by atoms with Crippen LogP contribution in [0, 0.1) is 11.7 Å². The van der Waals surface area contributed by atoms with Crippen molar-refractivity contribution in [3.63, 3.8) is 0 Å². The lowest BCUT2D eigenvalue weighted by atomic mass is 10.2. The third-order valence-corrected chi connectivity index (χ3v) is 4.51. The molecule has 1 saturated carbocycles. The van der Waals surface area contributed by atoms with Crippen molar-refractivity contribution in [3.8, 4) is 0 Å². The Morgan fingerprint density at radius 3 is 2.46 bits per heavy atom. The molecule has 0 atom stereocenters. The minimum absolute atomic E-state index is 0.0155. The highest BCUT2D eigenvalue weighted by Crippen LogP contribution is 2.33. The van der Waals surface area contributed by atoms with Gasteiger partial charge in [0.2, 0.25) is 11.9 Å². The van der Waals surface area contributed by atoms with Crippen LogP contribution in [0.25, 0.3) is 0 Å². The van der Waals surface area contributed by atoms with E-state index >= 15 is 0 Å². The number of hydrogen-bond donors (Lipinski definition) is 3. The Labute approximate surface area is 166 Å². The van der Waals surface area contributed by atoms with Crippen LogP contribution in [0.3, 0.4) is 0 Å². The Balaban J connectivity index is 1.54. The maximum absolute atomic E-state index is 13.1. The van der Waals surface area contributed by atoms with Crippen LogP contribution in [0.15, 0.2) is 54.7 Å². The molecule has 3 N–H and O–H groups in total. The number of nitrogens with one attached hydrogen (secondary N) is 3. The molecular weight excluding hydrogens is 381 g/mol. The lowest BCUT2D eigenvalue weighted by molar-refractivity contribution is -0.117. The number of carbonyl (C=O) groups is 1. The highest BCUT2D eigenvalue weighted by molar-refractivity contribution is 6.33. The summed E-state index contributed by atoms with van der Waals surface area (Å²) in [7, 11) is 0. The fraction of sp³-hybridized carbons (Fsp3) is 0.150. The summed E-state index contributed by atoms with van der Waals surface area (Å²) in [5, 5.41) is 9.40. The van der Waals surface area contributed by atoms with E-state index in [1.54, 1.807) is 12.1 Å². The first-order valence-corrected chi connectivity index (χ1v) is 9.18. The van der Waals surface area contributed by atoms with E-state index in [2.05, 4.69) is 25.9 Å². The third-order valence-electron chi connectivity index (χ3n) is 4.23. The van der Waals surface area contributed by atoms with Crippen molar-refractivity contribution in [1.29, 1.82) is 0 Å². The number of amides is 1. The second kappa shape index (κ2) is 7.82. The number of benzene rings is 2. The van der Waals surface area contributed by atoms with Crippen LogP contribution in [-0.2, 0) is 4.79 Å². The van der Waals surface area contributed by atoms with Crippen molar-refractivity contribution >= 4 is 46.3 Å². The highest BCUT2D eigenvalue weighted by atomic mass is 35.5. The van der Waals surface area contributed by atoms with Gasteiger partial charge in [0.05, 0.1) is 17.6 Å². The van der Waals surface area contributed by atoms with E-state index in [4.69, 9.17) is 11.6 Å². The average Bonchev–Trinajstić information content (AvgIpc) is 3.53. The lowest BCUT2D eigenvalue weighted by Gasteiger charge is -2.14. The van der Waals surface area contributed by atoms with Crippen molar-refractivity contribution in [2.45, 2.75) is 12.8 Å². The number of para-hydroxylation sites is 2. The van der Waals surface area contributed by atoms with Gasteiger partial charge in [0.25, 0.3) is 0 Å². The fourth-order valence-corrected chi connectivity index (χ4v) is 2.72. The number of halogens is 2. The van der Waals surface area contributed by atoms with E-state index in [1.807, 2.05) is 24.3 Å². The molecule has 142 valence electrons. The summed E-state index contributed by atoms with van der Waals surface area (Å²) in [5.41, 5.74) is 1.97. The van der Waals surface area contributed by atoms with Crippen molar-refractivity contribution in [2.75, 3.05) is 16.0 Å². The standard InChI is InChI=1S/C20H17ClFN5O/c21-15-11-23-20(24-14-9-7-13(22)8-10-14)27-18(15)25-16-3-1-2-4-17(16)26-19(28)12-5-6-12/h1-4,7-12H,5-6H2,(H,26,28)(H2,23,24,25,27). The number of aromatic nitrogens is 2. The monoisotopic (exact) mass is 397 g/mol. The van der Waals surface area contributed by atoms with E-state index in [9.17, 15) is 9.18 Å². The van der Waals surface area contributed by atoms with Gasteiger partial charge in [-0.15, -0.1) is 0 Å². The first kappa shape index (κ1) is 18.2. The molecule has 2 aromatic carbocycles. The number of anilines is 5. The van der Waals surface area contributed by atoms with Crippen molar-refractivity contribution in [3.05, 3.63) is 65.6 Å². The molecule has 4 rings (SSSR count). The first-order chi connectivity index (χ1) is 13.6. The SMILES string of the molecule is O=C(Nc1ccccc1Nc1nc(Nc2ccc(F)cc2)ncc1Cl)C1CC1. The van der Waals surface area contributed by atoms with Gasteiger partial charge in [0.1, 0.15) is 10.8 Å². The number of carbonyl (C=O) groups excluding carboxylic acids is 1. The Morgan fingerprint density at radius 1 is 1.04 bits per heavy atom. The topological polar surface area (TPSA) is 78.9 Å². The molecule has 0 unspecified atom stereocenters. The summed E-state index contributed by atoms with van der Waals surface area (Å²) in [6.45, 7) is 0. The molecule has 6 nitrogen and oxygen atoms in total. The predicted molar refractivity (Wildman–Crippen MR) is 108 cm³/mol. The number of rotatable bonds is 6. The van der Waals surface area contributed by atoms with Gasteiger partial charge in [-0.2, -0.15) is 4.98 Å². The Bertz CT molecular complexity index is 1010. The van der Waals surface area contributed by atoms with Crippen molar-refractivity contribution < 1.29 is 9.18 Å². The minimum Gasteiger partial charge on any atom is -0.337 e. The molecular formula is C20H17ClFN5O. The van der Waals surface area contributed by atoms with E-state index in [0.717, 1.165) is 12.8 Å². The molecule has 1 amide bonds. The summed E-state index contributed by atoms with van der Waals surface area (Å²) in [4.78, 5) is 20.6. The predicted octanol–water partition coefficient (Wildman–Crippen LogP) is 5.10. The van der Waals surface area contributed by atoms with Gasteiger partial charge in [-0.3, -0.25) is 4.79 Å². The molecule has 1 heterocycles. The van der Waals surface area contributed by atoms with E-state index in [-0.39, 0.29) is 17.6 Å². The quantitative estimate of drug-likeness (QED) is 0.539. The van der Waals surface area contributed by atoms with Crippen LogP contribution in [0.2, 0.25) is 5.02 Å². The lowest BCUT2D eigenvalue weighted by Crippen LogP contribution is -2.14. The second-order valence-corrected chi connectivity index (χ2v) is 6.86. The zero-order valence-corrected chi connectivity index (χ0v) is 15.5. The van der Waals surface area contributed by atoms with E-state index < -0.39 is 0 Å². The van der Waals surface area contributed by atoms with Crippen LogP contribution < -0.4 is 16.0 Å². The normalized spacial score (nSPS) is 13.1. The molecule has 1 aromatic heterocycles. The van der Waals surface area contributed by atoms with Crippen LogP contribution in [0.4, 0.5) is 33.2 Å². The molecule has 0 spiro atoms. The fourth-order valence-electron chi connectivity index (χ4n) is 2.59. The van der Waals surface area contributed by atoms with Gasteiger partial charge in [0, 0.05) is 11.6 Å². The third kappa shape index (κ3) is 4.37. The highest BCUT2D eigenvalue weighted by Gasteiger charge is 2.29. The smallest absolute Gasteiger partial charge is 0.229 e. The van der Waals surface area contributed by atoms with Gasteiger partial charge in [-0.05, 0) is 49.2 Å². The van der Waals surface area contributed by atoms with Crippen molar-refractivity contribution in [1.82, 2.24) is 9.97 Å². The van der Waals surface area contributed by atoms with Crippen LogP contribution in [0.5, 0.6) is 0 Å². The zero-order valence-electron chi connectivity index (χ0n) is 14.7. The van der Waals surface area contributed by atoms with Crippen molar-refractivity contribution in [2.24, 2.45) is 5.92 Å². The van der Waals surface area contributed by atoms with Gasteiger partial charge < -0.3 is 16.0 Å². The van der Waals surface area contributed by atoms with Gasteiger partial charge in [0.15, 0.2) is 5.82 Å². The minimum atomic E-state index is -0.324. The summed E-state index contributed by atoms with van der Waals surface area (Å²) in [6, 6.07) is 13.2. The molecule has 0 aliphatic heterocycles. The number of hydrogen-bond acceptors (Lipinski definition) is 5. The Kier molecular flexibility index (Phi) is 5.08. The van der Waals surface area contributed by atoms with E-state index in [1.165, 1.54) is 18.3 Å². The molecule has 28 heavy (non-hydrogen) atoms. The Hall–Kier alpha value is -3.19. The second-order valence-electron chi connectivity index (χ2n) is 6.46. The van der Waals surface area contributed by atoms with Gasteiger partial charge in [-0.25, -0.2) is 9.37 Å². The Morgan fingerprint density at radius 2 is 1.75 bits per heavy atom. The summed E-state index contributed by atoms with van der Waals surface area (Å²) in [5.74, 6) is 0.478. The summed E-state index contributed by atoms with van der Waals surface area (Å²) in [6.07, 6.45) is 3.32. The summed E-state index contributed by atoms with van der Waals surface area (Å²) >= 11 is 6.24. The largest absolute Gasteiger partial charge is 0.337 e. The molecule has 3 aromatic rings. The van der Waals surface area contributed by atoms with Crippen LogP contribution >= 0.6 is 11.6 Å². The van der Waals surface area contributed by atoms with Crippen LogP contribution in [0.1, 0.15) is 12.8 Å². The zero-order chi connectivity index (χ0) is 19.5. The molecule has 1 aliphatic carbocycles. The maximum Gasteiger partial charge on any atom is 0.229 e. The van der Waals surface area contributed by atoms with Crippen LogP contribution in [-0.4, -0.2) is 15.9 Å². The first-order valence-electron chi connectivity index (χ1n) is 8.80. The molecule has 8 heteroatoms. The van der Waals surface area contributed by atoms with Gasteiger partial charge >= 0.3 is 0 Å². The average molecular weight is 398 g/mol. The molecule has 0 saturated heterocycles. The molecule has 1 fully saturated rings. The molecule has 0 bridgehead atoms. The van der Waals surface area contributed by atoms with Gasteiger partial charge in [-0.1, -0.05) is 23.7 Å². The maximum atomic E-state index is 13.1.